The Balaban J connectivity index is 1.28. The lowest BCUT2D eigenvalue weighted by atomic mass is 9.90. The summed E-state index contributed by atoms with van der Waals surface area (Å²) in [5.74, 6) is -0.483. The molecule has 0 aromatic carbocycles. The fourth-order valence-electron chi connectivity index (χ4n) is 4.91. The number of nitrogens with one attached hydrogen (secondary N) is 2. The molecule has 3 aromatic heterocycles. The Kier molecular flexibility index (Phi) is 9.40. The summed E-state index contributed by atoms with van der Waals surface area (Å²) in [7, 11) is 1.43. The van der Waals surface area contributed by atoms with Gasteiger partial charge in [0.2, 0.25) is 11.8 Å². The number of carbonyl (C=O) groups is 1. The first kappa shape index (κ1) is 31.9. The van der Waals surface area contributed by atoms with Crippen LogP contribution in [-0.4, -0.2) is 86.9 Å². The molecule has 0 bridgehead atoms. The summed E-state index contributed by atoms with van der Waals surface area (Å²) in [6, 6.07) is -1.27. The smallest absolute Gasteiger partial charge is 0.423 e. The molecule has 2 fully saturated rings. The van der Waals surface area contributed by atoms with Crippen LogP contribution in [0.4, 0.5) is 38.5 Å². The Labute approximate surface area is 254 Å². The van der Waals surface area contributed by atoms with Gasteiger partial charge in [-0.05, 0) is 32.6 Å². The van der Waals surface area contributed by atoms with Crippen LogP contribution < -0.4 is 25.0 Å². The van der Waals surface area contributed by atoms with Gasteiger partial charge in [0.15, 0.2) is 11.4 Å². The zero-order valence-corrected chi connectivity index (χ0v) is 24.2. The highest BCUT2D eigenvalue weighted by atomic mass is 19.4. The normalized spacial score (nSPS) is 19.4. The van der Waals surface area contributed by atoms with Gasteiger partial charge in [0, 0.05) is 36.2 Å². The van der Waals surface area contributed by atoms with E-state index in [0.29, 0.717) is 43.1 Å². The Hall–Kier alpha value is -4.48. The van der Waals surface area contributed by atoms with E-state index < -0.39 is 48.3 Å². The molecule has 18 heteroatoms. The van der Waals surface area contributed by atoms with Crippen LogP contribution in [0.15, 0.2) is 31.0 Å². The van der Waals surface area contributed by atoms with Crippen LogP contribution in [0.25, 0.3) is 11.3 Å². The summed E-state index contributed by atoms with van der Waals surface area (Å²) in [5, 5.41) is 5.28. The average Bonchev–Trinajstić information content (AvgIpc) is 3.00. The number of nitrogens with zero attached hydrogens (tertiary/aromatic N) is 7. The molecule has 45 heavy (non-hydrogen) atoms. The Morgan fingerprint density at radius 2 is 1.76 bits per heavy atom. The van der Waals surface area contributed by atoms with Crippen molar-refractivity contribution >= 4 is 17.8 Å². The third kappa shape index (κ3) is 7.79. The number of halogens is 5. The van der Waals surface area contributed by atoms with Crippen LogP contribution >= 0.6 is 0 Å². The van der Waals surface area contributed by atoms with Crippen molar-refractivity contribution < 1.29 is 41.0 Å². The molecule has 1 saturated heterocycles. The molecule has 1 aliphatic heterocycles. The van der Waals surface area contributed by atoms with Gasteiger partial charge in [0.05, 0.1) is 45.0 Å². The maximum atomic E-state index is 13.6. The summed E-state index contributed by atoms with van der Waals surface area (Å²) < 4.78 is 82.2. The Bertz CT molecular complexity index is 1450. The second-order valence-electron chi connectivity index (χ2n) is 10.8. The topological polar surface area (TPSA) is 149 Å². The number of alkyl halides is 5. The molecule has 0 atom stereocenters. The lowest BCUT2D eigenvalue weighted by Crippen LogP contribution is -2.52. The molecule has 0 unspecified atom stereocenters. The third-order valence-corrected chi connectivity index (χ3v) is 7.23. The lowest BCUT2D eigenvalue weighted by Gasteiger charge is -2.38. The summed E-state index contributed by atoms with van der Waals surface area (Å²) in [4.78, 5) is 39.0. The second-order valence-corrected chi connectivity index (χ2v) is 10.8. The van der Waals surface area contributed by atoms with Crippen LogP contribution in [0, 0.1) is 0 Å². The summed E-state index contributed by atoms with van der Waals surface area (Å²) in [6.07, 6.45) is 0.715. The monoisotopic (exact) mass is 639 g/mol. The van der Waals surface area contributed by atoms with Gasteiger partial charge in [-0.25, -0.2) is 33.5 Å². The first-order valence-electron chi connectivity index (χ1n) is 14.0. The highest BCUT2D eigenvalue weighted by molar-refractivity contribution is 5.91. The number of aromatic nitrogens is 6. The first-order chi connectivity index (χ1) is 21.4. The summed E-state index contributed by atoms with van der Waals surface area (Å²) >= 11 is 0. The predicted octanol–water partition coefficient (Wildman–Crippen LogP) is 4.12. The zero-order chi connectivity index (χ0) is 32.2. The van der Waals surface area contributed by atoms with E-state index in [1.807, 2.05) is 0 Å². The average molecular weight is 640 g/mol. The molecular formula is C27H30F5N9O4. The van der Waals surface area contributed by atoms with Crippen molar-refractivity contribution in [2.24, 2.45) is 0 Å². The van der Waals surface area contributed by atoms with Gasteiger partial charge in [-0.2, -0.15) is 18.2 Å². The van der Waals surface area contributed by atoms with Gasteiger partial charge < -0.3 is 24.8 Å². The standard InChI is InChI=1S/C27H30F5N9O4/c1-26(13-44-14-26)45-22-18(27(30,31)32)9-35-23(40-22)39-16-3-5-17(6-4-16)41(25(42)38-11-20(28)29)21-12-33-19(10-34-21)15-7-36-24(43-2)37-8-15/h7-10,12,16-17,20H,3-6,11,13-14H2,1-2H3,(H,38,42)(H,35,39,40). The van der Waals surface area contributed by atoms with Crippen molar-refractivity contribution in [2.45, 2.75) is 62.9 Å². The number of amides is 2. The van der Waals surface area contributed by atoms with Crippen molar-refractivity contribution in [2.75, 3.05) is 37.1 Å². The van der Waals surface area contributed by atoms with Gasteiger partial charge in [-0.3, -0.25) is 9.88 Å². The number of carbonyl (C=O) groups excluding carboxylic acids is 1. The molecule has 0 radical (unpaired) electrons. The van der Waals surface area contributed by atoms with E-state index in [4.69, 9.17) is 14.2 Å². The minimum atomic E-state index is -4.72. The van der Waals surface area contributed by atoms with Gasteiger partial charge >= 0.3 is 18.2 Å². The first-order valence-corrected chi connectivity index (χ1v) is 14.0. The minimum absolute atomic E-state index is 0.0409. The SMILES string of the molecule is COc1ncc(-c2cnc(N(C(=O)NCC(F)F)C3CCC(Nc4ncc(C(F)(F)F)c(OC5(C)COC5)n4)CC3)cn2)cn1. The van der Waals surface area contributed by atoms with Crippen molar-refractivity contribution in [1.82, 2.24) is 35.2 Å². The zero-order valence-electron chi connectivity index (χ0n) is 24.2. The molecule has 2 aliphatic rings. The maximum Gasteiger partial charge on any atom is 0.423 e. The molecule has 3 aromatic rings. The number of methoxy groups -OCH3 is 1. The van der Waals surface area contributed by atoms with Crippen molar-refractivity contribution in [3.8, 4) is 23.1 Å². The quantitative estimate of drug-likeness (QED) is 0.309. The van der Waals surface area contributed by atoms with Gasteiger partial charge in [0.1, 0.15) is 5.56 Å². The number of urea groups is 1. The number of hydrogen-bond acceptors (Lipinski definition) is 11. The van der Waals surface area contributed by atoms with E-state index in [0.717, 1.165) is 0 Å². The summed E-state index contributed by atoms with van der Waals surface area (Å²) in [5.41, 5.74) is -1.06. The van der Waals surface area contributed by atoms with Gasteiger partial charge in [0.25, 0.3) is 6.43 Å². The third-order valence-electron chi connectivity index (χ3n) is 7.23. The number of rotatable bonds is 10. The van der Waals surface area contributed by atoms with E-state index >= 15 is 0 Å². The highest BCUT2D eigenvalue weighted by Crippen LogP contribution is 2.38. The van der Waals surface area contributed by atoms with Crippen molar-refractivity contribution in [3.63, 3.8) is 0 Å². The van der Waals surface area contributed by atoms with E-state index in [1.54, 1.807) is 6.92 Å². The molecule has 4 heterocycles. The fraction of sp³-hybridized carbons (Fsp3) is 0.519. The molecular weight excluding hydrogens is 609 g/mol. The lowest BCUT2D eigenvalue weighted by molar-refractivity contribution is -0.162. The molecule has 2 amide bonds. The van der Waals surface area contributed by atoms with Crippen molar-refractivity contribution in [1.29, 1.82) is 0 Å². The number of anilines is 2. The fourth-order valence-corrected chi connectivity index (χ4v) is 4.91. The minimum Gasteiger partial charge on any atom is -0.467 e. The molecule has 1 aliphatic carbocycles. The predicted molar refractivity (Wildman–Crippen MR) is 148 cm³/mol. The highest BCUT2D eigenvalue weighted by Gasteiger charge is 2.42. The van der Waals surface area contributed by atoms with E-state index in [1.165, 1.54) is 36.8 Å². The van der Waals surface area contributed by atoms with Crippen LogP contribution in [0.3, 0.4) is 0 Å². The van der Waals surface area contributed by atoms with Crippen LogP contribution in [0.2, 0.25) is 0 Å². The van der Waals surface area contributed by atoms with Crippen LogP contribution in [0.5, 0.6) is 11.9 Å². The largest absolute Gasteiger partial charge is 0.467 e. The van der Waals surface area contributed by atoms with Gasteiger partial charge in [-0.1, -0.05) is 0 Å². The molecule has 0 spiro atoms. The number of hydrogen-bond donors (Lipinski definition) is 2. The molecule has 2 N–H and O–H groups in total. The number of ether oxygens (including phenoxy) is 3. The van der Waals surface area contributed by atoms with Gasteiger partial charge in [-0.15, -0.1) is 0 Å². The molecule has 13 nitrogen and oxygen atoms in total. The molecule has 5 rings (SSSR count). The summed E-state index contributed by atoms with van der Waals surface area (Å²) in [6.45, 7) is 1.04. The second kappa shape index (κ2) is 13.3. The van der Waals surface area contributed by atoms with Crippen LogP contribution in [0.1, 0.15) is 38.2 Å². The van der Waals surface area contributed by atoms with E-state index in [2.05, 4.69) is 40.5 Å². The maximum absolute atomic E-state index is 13.6. The Morgan fingerprint density at radius 1 is 1.04 bits per heavy atom. The van der Waals surface area contributed by atoms with Crippen molar-refractivity contribution in [3.05, 3.63) is 36.5 Å². The molecule has 242 valence electrons. The Morgan fingerprint density at radius 3 is 2.31 bits per heavy atom. The molecule has 1 saturated carbocycles. The van der Waals surface area contributed by atoms with E-state index in [-0.39, 0.29) is 37.0 Å². The van der Waals surface area contributed by atoms with E-state index in [9.17, 15) is 26.7 Å². The van der Waals surface area contributed by atoms with Crippen LogP contribution in [-0.2, 0) is 10.9 Å².